The van der Waals surface area contributed by atoms with E-state index in [9.17, 15) is 29.7 Å². The monoisotopic (exact) mass is 324 g/mol. The molecule has 1 unspecified atom stereocenters. The predicted octanol–water partition coefficient (Wildman–Crippen LogP) is 2.23. The number of carbonyl (C=O) groups is 3. The Balaban J connectivity index is 2.34. The van der Waals surface area contributed by atoms with Gasteiger partial charge in [-0.1, -0.05) is 30.3 Å². The van der Waals surface area contributed by atoms with E-state index in [0.29, 0.717) is 0 Å². The highest BCUT2D eigenvalue weighted by Crippen LogP contribution is 2.42. The lowest BCUT2D eigenvalue weighted by molar-refractivity contribution is -0.137. The summed E-state index contributed by atoms with van der Waals surface area (Å²) in [6.07, 6.45) is 1.06. The summed E-state index contributed by atoms with van der Waals surface area (Å²) in [7, 11) is 0. The van der Waals surface area contributed by atoms with Gasteiger partial charge in [-0.05, 0) is 6.07 Å². The predicted molar refractivity (Wildman–Crippen MR) is 83.7 cm³/mol. The van der Waals surface area contributed by atoms with E-state index in [4.69, 9.17) is 0 Å². The van der Waals surface area contributed by atoms with E-state index in [1.54, 1.807) is 12.1 Å². The Labute approximate surface area is 136 Å². The number of aromatic hydroxyl groups is 2. The summed E-state index contributed by atoms with van der Waals surface area (Å²) >= 11 is 0. The highest BCUT2D eigenvalue weighted by atomic mass is 16.4. The van der Waals surface area contributed by atoms with E-state index in [-0.39, 0.29) is 27.8 Å². The van der Waals surface area contributed by atoms with E-state index in [1.165, 1.54) is 12.1 Å². The van der Waals surface area contributed by atoms with E-state index in [1.807, 2.05) is 0 Å². The quantitative estimate of drug-likeness (QED) is 0.503. The molecule has 1 atom stereocenters. The van der Waals surface area contributed by atoms with Crippen LogP contribution in [0.3, 0.4) is 0 Å². The van der Waals surface area contributed by atoms with Crippen LogP contribution in [0.5, 0.6) is 11.5 Å². The van der Waals surface area contributed by atoms with Gasteiger partial charge in [0.2, 0.25) is 0 Å². The van der Waals surface area contributed by atoms with Crippen LogP contribution in [0.1, 0.15) is 43.3 Å². The topological polar surface area (TPSA) is 112 Å². The number of carbonyl (C=O) groups excluding carboxylic acids is 2. The third-order valence-electron chi connectivity index (χ3n) is 4.02. The zero-order chi connectivity index (χ0) is 17.6. The fourth-order valence-corrected chi connectivity index (χ4v) is 2.88. The molecule has 0 saturated heterocycles. The van der Waals surface area contributed by atoms with Crippen LogP contribution in [0, 0.1) is 0 Å². The van der Waals surface area contributed by atoms with Crippen molar-refractivity contribution < 1.29 is 29.7 Å². The molecule has 120 valence electrons. The number of hydrogen-bond donors (Lipinski definition) is 3. The molecule has 24 heavy (non-hydrogen) atoms. The Hall–Kier alpha value is -3.41. The molecule has 1 aliphatic rings. The van der Waals surface area contributed by atoms with Crippen LogP contribution in [0.25, 0.3) is 0 Å². The highest BCUT2D eigenvalue weighted by Gasteiger charge is 2.37. The number of ketones is 2. The summed E-state index contributed by atoms with van der Waals surface area (Å²) in [5.41, 5.74) is -0.701. The number of benzene rings is 2. The molecule has 0 radical (unpaired) electrons. The third kappa shape index (κ3) is 2.00. The van der Waals surface area contributed by atoms with Crippen molar-refractivity contribution in [1.82, 2.24) is 0 Å². The van der Waals surface area contributed by atoms with Crippen LogP contribution in [0.4, 0.5) is 0 Å². The molecule has 0 bridgehead atoms. The Morgan fingerprint density at radius 1 is 1.04 bits per heavy atom. The van der Waals surface area contributed by atoms with Gasteiger partial charge < -0.3 is 15.3 Å². The minimum absolute atomic E-state index is 0.0901. The van der Waals surface area contributed by atoms with Crippen LogP contribution in [-0.4, -0.2) is 32.9 Å². The molecule has 6 nitrogen and oxygen atoms in total. The number of phenols is 2. The number of hydrogen-bond acceptors (Lipinski definition) is 5. The number of fused-ring (bicyclic) bond motifs is 2. The van der Waals surface area contributed by atoms with Crippen LogP contribution in [-0.2, 0) is 4.79 Å². The maximum Gasteiger partial charge on any atom is 0.314 e. The lowest BCUT2D eigenvalue weighted by atomic mass is 9.80. The number of carboxylic acids is 1. The summed E-state index contributed by atoms with van der Waals surface area (Å²) in [6, 6.07) is 7.02. The van der Waals surface area contributed by atoms with Gasteiger partial charge in [-0.15, -0.1) is 6.58 Å². The van der Waals surface area contributed by atoms with Gasteiger partial charge in [0.15, 0.2) is 11.6 Å². The minimum atomic E-state index is -1.33. The fraction of sp³-hybridized carbons (Fsp3) is 0.0556. The van der Waals surface area contributed by atoms with E-state index in [2.05, 4.69) is 6.58 Å². The molecular formula is C18H12O6. The number of rotatable bonds is 3. The van der Waals surface area contributed by atoms with Gasteiger partial charge in [-0.3, -0.25) is 14.4 Å². The van der Waals surface area contributed by atoms with Crippen LogP contribution in [0.2, 0.25) is 0 Å². The SMILES string of the molecule is C=CC(C(=O)O)c1cc(O)c2c(c1O)C(=O)c1ccccc1C2=O. The molecule has 0 heterocycles. The summed E-state index contributed by atoms with van der Waals surface area (Å²) < 4.78 is 0. The first kappa shape index (κ1) is 15.5. The second-order valence-electron chi connectivity index (χ2n) is 5.34. The third-order valence-corrected chi connectivity index (χ3v) is 4.02. The van der Waals surface area contributed by atoms with Gasteiger partial charge in [-0.2, -0.15) is 0 Å². The second-order valence-corrected chi connectivity index (χ2v) is 5.34. The van der Waals surface area contributed by atoms with Crippen molar-refractivity contribution in [3.63, 3.8) is 0 Å². The molecule has 0 saturated carbocycles. The smallest absolute Gasteiger partial charge is 0.314 e. The maximum absolute atomic E-state index is 12.7. The zero-order valence-electron chi connectivity index (χ0n) is 12.3. The average Bonchev–Trinajstić information content (AvgIpc) is 2.55. The second kappa shape index (κ2) is 5.34. The van der Waals surface area contributed by atoms with E-state index < -0.39 is 35.0 Å². The molecule has 0 aliphatic heterocycles. The molecule has 0 spiro atoms. The zero-order valence-corrected chi connectivity index (χ0v) is 12.3. The molecule has 1 aliphatic carbocycles. The highest BCUT2D eigenvalue weighted by molar-refractivity contribution is 6.30. The summed E-state index contributed by atoms with van der Waals surface area (Å²) in [4.78, 5) is 36.5. The Kier molecular flexibility index (Phi) is 3.45. The summed E-state index contributed by atoms with van der Waals surface area (Å²) in [6.45, 7) is 3.39. The molecule has 0 amide bonds. The van der Waals surface area contributed by atoms with Gasteiger partial charge in [0.25, 0.3) is 0 Å². The van der Waals surface area contributed by atoms with Gasteiger partial charge in [0.1, 0.15) is 17.4 Å². The van der Waals surface area contributed by atoms with Gasteiger partial charge in [0.05, 0.1) is 11.1 Å². The molecule has 2 aromatic carbocycles. The van der Waals surface area contributed by atoms with Crippen molar-refractivity contribution in [2.75, 3.05) is 0 Å². The van der Waals surface area contributed by atoms with Crippen molar-refractivity contribution in [3.05, 3.63) is 70.8 Å². The average molecular weight is 324 g/mol. The maximum atomic E-state index is 12.7. The van der Waals surface area contributed by atoms with Crippen molar-refractivity contribution in [3.8, 4) is 11.5 Å². The van der Waals surface area contributed by atoms with Crippen molar-refractivity contribution >= 4 is 17.5 Å². The number of aliphatic carboxylic acids is 1. The first-order valence-electron chi connectivity index (χ1n) is 7.01. The number of phenolic OH excluding ortho intramolecular Hbond substituents is 2. The first-order chi connectivity index (χ1) is 11.4. The Bertz CT molecular complexity index is 925. The largest absolute Gasteiger partial charge is 0.507 e. The van der Waals surface area contributed by atoms with Crippen molar-refractivity contribution in [2.45, 2.75) is 5.92 Å². The number of carboxylic acid groups (broad SMARTS) is 1. The summed E-state index contributed by atoms with van der Waals surface area (Å²) in [5, 5.41) is 29.8. The normalized spacial score (nSPS) is 13.8. The molecular weight excluding hydrogens is 312 g/mol. The molecule has 3 rings (SSSR count). The standard InChI is InChI=1S/C18H12O6/c1-2-8(18(23)24)11-7-12(19)13-14(17(11)22)16(21)10-6-4-3-5-9(10)15(13)20/h2-8,19,22H,1H2,(H,23,24). The molecule has 6 heteroatoms. The lowest BCUT2D eigenvalue weighted by Gasteiger charge is -2.22. The Morgan fingerprint density at radius 3 is 2.08 bits per heavy atom. The first-order valence-corrected chi connectivity index (χ1v) is 7.01. The van der Waals surface area contributed by atoms with Crippen LogP contribution < -0.4 is 0 Å². The van der Waals surface area contributed by atoms with Crippen molar-refractivity contribution in [1.29, 1.82) is 0 Å². The molecule has 0 fully saturated rings. The summed E-state index contributed by atoms with van der Waals surface area (Å²) in [5.74, 6) is -5.09. The molecule has 3 N–H and O–H groups in total. The van der Waals surface area contributed by atoms with E-state index in [0.717, 1.165) is 12.1 Å². The van der Waals surface area contributed by atoms with Gasteiger partial charge in [0, 0.05) is 16.7 Å². The molecule has 2 aromatic rings. The van der Waals surface area contributed by atoms with Gasteiger partial charge in [-0.25, -0.2) is 0 Å². The molecule has 0 aromatic heterocycles. The Morgan fingerprint density at radius 2 is 1.58 bits per heavy atom. The van der Waals surface area contributed by atoms with Crippen LogP contribution in [0.15, 0.2) is 43.0 Å². The van der Waals surface area contributed by atoms with Crippen LogP contribution >= 0.6 is 0 Å². The minimum Gasteiger partial charge on any atom is -0.507 e. The van der Waals surface area contributed by atoms with E-state index >= 15 is 0 Å². The lowest BCUT2D eigenvalue weighted by Crippen LogP contribution is -2.22. The van der Waals surface area contributed by atoms with Crippen molar-refractivity contribution in [2.24, 2.45) is 0 Å². The van der Waals surface area contributed by atoms with Gasteiger partial charge >= 0.3 is 5.97 Å². The fourth-order valence-electron chi connectivity index (χ4n) is 2.88.